The topological polar surface area (TPSA) is 331 Å². The van der Waals surface area contributed by atoms with Crippen molar-refractivity contribution in [2.45, 2.75) is 102 Å². The number of aliphatic hydroxyl groups is 4. The summed E-state index contributed by atoms with van der Waals surface area (Å²) in [5, 5.41) is 77.3. The number of aromatic nitrogens is 1. The number of carboxylic acid groups (broad SMARTS) is 3. The van der Waals surface area contributed by atoms with Crippen LogP contribution in [0.3, 0.4) is 0 Å². The molecule has 0 unspecified atom stereocenters. The number of carbonyl (C=O) groups excluding carboxylic acids is 4. The van der Waals surface area contributed by atoms with E-state index in [1.165, 1.54) is 36.4 Å². The van der Waals surface area contributed by atoms with Gasteiger partial charge >= 0.3 is 53.4 Å². The van der Waals surface area contributed by atoms with Crippen LogP contribution in [0.15, 0.2) is 176 Å². The number of fused-ring (bicyclic) bond motifs is 3. The van der Waals surface area contributed by atoms with Crippen LogP contribution >= 0.6 is 22.6 Å². The number of H-pyrrole nitrogens is 1. The second-order valence-electron chi connectivity index (χ2n) is 25.1. The number of aromatic carboxylic acids is 3. The summed E-state index contributed by atoms with van der Waals surface area (Å²) in [7, 11) is 0. The Bertz CT molecular complexity index is 4470. The monoisotopic (exact) mass is 1530 g/mol. The number of carboxylic acids is 3. The minimum atomic E-state index is -1.19. The third kappa shape index (κ3) is 20.2. The predicted octanol–water partition coefficient (Wildman–Crippen LogP) is 3.29. The van der Waals surface area contributed by atoms with Crippen molar-refractivity contribution in [3.8, 4) is 36.0 Å². The molecule has 23 nitrogen and oxygen atoms in total. The number of aliphatic hydroxyl groups excluding tert-OH is 4. The Labute approximate surface area is 636 Å². The van der Waals surface area contributed by atoms with Crippen LogP contribution in [0.25, 0.3) is 10.9 Å². The zero-order valence-electron chi connectivity index (χ0n) is 57.2. The van der Waals surface area contributed by atoms with Crippen molar-refractivity contribution >= 4 is 69.2 Å². The number of cyclic esters (lactones) is 2. The molecule has 25 heteroatoms. The van der Waals surface area contributed by atoms with Gasteiger partial charge in [0.15, 0.2) is 0 Å². The number of terminal acetylenes is 1. The molecule has 0 bridgehead atoms. The number of amides is 1. The minimum Gasteiger partial charge on any atom is -0.545 e. The number of ether oxygens (including phenoxy) is 2. The summed E-state index contributed by atoms with van der Waals surface area (Å²) in [6.07, 6.45) is 3.89. The van der Waals surface area contributed by atoms with Gasteiger partial charge in [0.25, 0.3) is 0 Å². The van der Waals surface area contributed by atoms with Crippen molar-refractivity contribution in [3.05, 3.63) is 246 Å². The molecular formula is C79H75IN5NaO18. The van der Waals surface area contributed by atoms with Gasteiger partial charge in [-0.05, 0) is 181 Å². The number of nitrogens with one attached hydrogen (secondary N) is 2. The third-order valence-corrected chi connectivity index (χ3v) is 18.6. The zero-order valence-corrected chi connectivity index (χ0v) is 61.4. The van der Waals surface area contributed by atoms with Crippen LogP contribution in [0.4, 0.5) is 0 Å². The fourth-order valence-electron chi connectivity index (χ4n) is 12.5. The van der Waals surface area contributed by atoms with Crippen molar-refractivity contribution in [1.82, 2.24) is 25.5 Å². The van der Waals surface area contributed by atoms with Crippen LogP contribution in [0.1, 0.15) is 102 Å². The Morgan fingerprint density at radius 2 is 0.971 bits per heavy atom. The largest absolute Gasteiger partial charge is 1.00 e. The number of benzene rings is 7. The molecular weight excluding hydrogens is 1460 g/mol. The predicted molar refractivity (Wildman–Crippen MR) is 382 cm³/mol. The molecule has 0 radical (unpaired) electrons. The third-order valence-electron chi connectivity index (χ3n) is 17.9. The van der Waals surface area contributed by atoms with Crippen molar-refractivity contribution in [3.63, 3.8) is 0 Å². The number of hydrogen-bond donors (Lipinski definition) is 8. The van der Waals surface area contributed by atoms with Crippen LogP contribution in [-0.4, -0.2) is 168 Å². The van der Waals surface area contributed by atoms with Gasteiger partial charge in [-0.15, -0.1) is 6.42 Å². The molecule has 5 fully saturated rings. The Morgan fingerprint density at radius 1 is 0.577 bits per heavy atom. The standard InChI is InChI=1S/C33H33N3O6.C23H21NO6.C14H16INO4.C9H6O2.Na/c1-21(38)31-28(20-37)30(32(39)34-17-16-26-18-35-29-5-3-2-4-27(26)29)36(42-31)19-24-10-8-22(9-11-24)6-7-23-12-14-25(15-13-23)33(40)41;1-14(25)21-19-13-29-23(28)20(19)24(30-21)12-17-6-4-15(5-7-17)2-3-16-8-10-18(11-9-16)22(26)27;1-8(17)13-11-7-19-14(18)12(11)16(20-13)6-9-2-4-10(15)5-3-9;1-2-7-3-5-8(6-4-7)9(10)11;/h2-5,8-15,18,21,28,30-31,35,37-38H,16-17,19-20H2,1H3,(H,34,39)(H,40,41);4-11,14,19-21,25H,12-13H2,1H3,(H,26,27);2-5,8,11-13,17H,6-7H2,1H3;1,3-6H,(H,10,11);/q;;;;+1/p-1/t21-,28-,30-,31-;14-,19-,20-,21-;8-,11-,12-,13-;;/m000../s1. The molecule has 0 spiro atoms. The second kappa shape index (κ2) is 37.1. The Kier molecular flexibility index (Phi) is 28.2. The van der Waals surface area contributed by atoms with E-state index in [1.54, 1.807) is 72.4 Å². The maximum atomic E-state index is 13.4. The first-order valence-corrected chi connectivity index (χ1v) is 34.2. The smallest absolute Gasteiger partial charge is 0.545 e. The number of rotatable bonds is 17. The summed E-state index contributed by atoms with van der Waals surface area (Å²) in [6.45, 7) is 6.77. The van der Waals surface area contributed by atoms with Gasteiger partial charge in [-0.2, -0.15) is 15.2 Å². The Morgan fingerprint density at radius 3 is 1.38 bits per heavy atom. The Hall–Kier alpha value is -9.09. The molecule has 1 amide bonds. The SMILES string of the molecule is C#Cc1ccc(C(=O)[O-])cc1.C[C@H](O)[C@@H]1ON(Cc2ccc(C#Cc3ccc(C(=O)O)cc3)cc2)[C@@H]2C(=O)OC[C@H]12.C[C@H](O)[C@@H]1ON(Cc2ccc(C#Cc3ccc(C(=O)O)cc3)cc2)[C@H](C(=O)NCCc2c[nH]c3ccccc23)[C@@H]1CO.C[C@H](O)[C@@H]1ON(Cc2ccc(I)cc2)[C@@H]2C(=O)OC[C@H]12.[Na+]. The maximum absolute atomic E-state index is 13.4. The van der Waals surface area contributed by atoms with Crippen LogP contribution in [0.2, 0.25) is 0 Å². The molecule has 104 heavy (non-hydrogen) atoms. The molecule has 5 saturated heterocycles. The fourth-order valence-corrected chi connectivity index (χ4v) is 12.9. The van der Waals surface area contributed by atoms with E-state index in [0.29, 0.717) is 43.8 Å². The van der Waals surface area contributed by atoms with Crippen molar-refractivity contribution in [2.75, 3.05) is 26.4 Å². The first-order valence-electron chi connectivity index (χ1n) is 33.1. The number of carbonyl (C=O) groups is 6. The quantitative estimate of drug-likeness (QED) is 0.0281. The normalized spacial score (nSPS) is 21.6. The van der Waals surface area contributed by atoms with Crippen LogP contribution < -0.4 is 40.0 Å². The number of hydrogen-bond acceptors (Lipinski definition) is 19. The molecule has 7 aromatic carbocycles. The molecule has 6 heterocycles. The molecule has 8 aromatic rings. The van der Waals surface area contributed by atoms with E-state index in [9.17, 15) is 54.3 Å². The van der Waals surface area contributed by atoms with Crippen LogP contribution in [-0.2, 0) is 64.4 Å². The molecule has 13 rings (SSSR count). The molecule has 5 aliphatic rings. The average molecular weight is 1530 g/mol. The molecule has 12 atom stereocenters. The van der Waals surface area contributed by atoms with Gasteiger partial charge < -0.3 is 60.3 Å². The van der Waals surface area contributed by atoms with Crippen molar-refractivity contribution < 1.29 is 118 Å². The number of halogens is 1. The van der Waals surface area contributed by atoms with Gasteiger partial charge in [0.1, 0.15) is 36.4 Å². The van der Waals surface area contributed by atoms with Crippen molar-refractivity contribution in [2.24, 2.45) is 17.8 Å². The zero-order chi connectivity index (χ0) is 73.4. The first kappa shape index (κ1) is 79.0. The molecule has 0 aliphatic carbocycles. The molecule has 0 saturated carbocycles. The van der Waals surface area contributed by atoms with E-state index in [1.807, 2.05) is 103 Å². The summed E-state index contributed by atoms with van der Waals surface area (Å²) in [6, 6.07) is 48.1. The van der Waals surface area contributed by atoms with Gasteiger partial charge in [0.05, 0.1) is 86.7 Å². The molecule has 1 aromatic heterocycles. The summed E-state index contributed by atoms with van der Waals surface area (Å²) < 4.78 is 11.4. The number of para-hydroxylation sites is 1. The molecule has 5 aliphatic heterocycles. The minimum absolute atomic E-state index is 0. The fraction of sp³-hybridized carbons (Fsp3) is 0.291. The number of esters is 2. The van der Waals surface area contributed by atoms with E-state index in [4.69, 9.17) is 40.6 Å². The number of nitrogens with zero attached hydrogens (tertiary/aromatic N) is 3. The van der Waals surface area contributed by atoms with Crippen LogP contribution in [0.5, 0.6) is 0 Å². The molecule has 8 N–H and O–H groups in total. The van der Waals surface area contributed by atoms with Crippen LogP contribution in [0, 0.1) is 57.3 Å². The van der Waals surface area contributed by atoms with E-state index < -0.39 is 72.5 Å². The summed E-state index contributed by atoms with van der Waals surface area (Å²) >= 11 is 2.25. The maximum Gasteiger partial charge on any atom is 1.00 e. The van der Waals surface area contributed by atoms with E-state index >= 15 is 0 Å². The number of aromatic amines is 1. The van der Waals surface area contributed by atoms with E-state index in [0.717, 1.165) is 53.4 Å². The van der Waals surface area contributed by atoms with Gasteiger partial charge in [-0.25, -0.2) is 9.59 Å². The van der Waals surface area contributed by atoms with Gasteiger partial charge in [0.2, 0.25) is 5.91 Å². The van der Waals surface area contributed by atoms with Gasteiger partial charge in [0, 0.05) is 60.9 Å². The van der Waals surface area contributed by atoms with Crippen molar-refractivity contribution in [1.29, 1.82) is 0 Å². The Balaban J connectivity index is 0.000000176. The summed E-state index contributed by atoms with van der Waals surface area (Å²) in [5.74, 6) is 9.67. The van der Waals surface area contributed by atoms with Gasteiger partial charge in [-0.1, -0.05) is 96.3 Å². The summed E-state index contributed by atoms with van der Waals surface area (Å²) in [4.78, 5) is 90.4. The van der Waals surface area contributed by atoms with E-state index in [2.05, 4.69) is 62.5 Å². The average Bonchev–Trinajstić information content (AvgIpc) is 1.64. The molecule has 532 valence electrons. The van der Waals surface area contributed by atoms with E-state index in [-0.39, 0.29) is 102 Å². The second-order valence-corrected chi connectivity index (χ2v) is 26.4. The first-order chi connectivity index (χ1) is 49.5. The number of hydroxylamine groups is 6. The van der Waals surface area contributed by atoms with Gasteiger partial charge in [-0.3, -0.25) is 28.9 Å². The summed E-state index contributed by atoms with van der Waals surface area (Å²) in [5.41, 5.74) is 9.25.